The molecule has 160 valence electrons. The van der Waals surface area contributed by atoms with Crippen molar-refractivity contribution in [1.82, 2.24) is 9.62 Å². The fourth-order valence-electron chi connectivity index (χ4n) is 5.06. The van der Waals surface area contributed by atoms with Crippen molar-refractivity contribution in [3.05, 3.63) is 29.3 Å². The third-order valence-corrected chi connectivity index (χ3v) is 7.18. The minimum absolute atomic E-state index is 0.0469. The van der Waals surface area contributed by atoms with Crippen molar-refractivity contribution in [3.63, 3.8) is 0 Å². The lowest BCUT2D eigenvalue weighted by Gasteiger charge is -2.32. The zero-order valence-electron chi connectivity index (χ0n) is 17.1. The first-order valence-electron chi connectivity index (χ1n) is 10.4. The van der Waals surface area contributed by atoms with Crippen LogP contribution < -0.4 is 9.46 Å². The van der Waals surface area contributed by atoms with E-state index in [9.17, 15) is 13.2 Å². The van der Waals surface area contributed by atoms with Crippen LogP contribution in [-0.2, 0) is 19.6 Å². The van der Waals surface area contributed by atoms with Gasteiger partial charge < -0.3 is 14.4 Å². The van der Waals surface area contributed by atoms with Crippen LogP contribution >= 0.6 is 0 Å². The van der Waals surface area contributed by atoms with Crippen molar-refractivity contribution >= 4 is 15.9 Å². The largest absolute Gasteiger partial charge is 0.483 e. The van der Waals surface area contributed by atoms with E-state index >= 15 is 0 Å². The fraction of sp³-hybridized carbons (Fsp3) is 0.667. The van der Waals surface area contributed by atoms with Gasteiger partial charge in [-0.3, -0.25) is 4.79 Å². The number of nitrogens with zero attached hydrogens (tertiary/aromatic N) is 1. The minimum Gasteiger partial charge on any atom is -0.483 e. The highest BCUT2D eigenvalue weighted by atomic mass is 32.2. The quantitative estimate of drug-likeness (QED) is 0.787. The number of carbonyl (C=O) groups is 1. The molecule has 1 aliphatic carbocycles. The summed E-state index contributed by atoms with van der Waals surface area (Å²) in [5.41, 5.74) is 2.42. The van der Waals surface area contributed by atoms with Crippen molar-refractivity contribution in [3.8, 4) is 5.75 Å². The van der Waals surface area contributed by atoms with Gasteiger partial charge >= 0.3 is 0 Å². The number of benzene rings is 1. The topological polar surface area (TPSA) is 84.9 Å². The van der Waals surface area contributed by atoms with Crippen LogP contribution in [-0.4, -0.2) is 63.4 Å². The molecule has 1 saturated heterocycles. The molecular formula is C21H30N2O5S. The monoisotopic (exact) mass is 422 g/mol. The number of hydrogen-bond donors (Lipinski definition) is 1. The van der Waals surface area contributed by atoms with E-state index in [1.165, 1.54) is 11.1 Å². The van der Waals surface area contributed by atoms with Crippen LogP contribution in [0.25, 0.3) is 0 Å². The number of nitrogens with one attached hydrogen (secondary N) is 1. The number of fused-ring (bicyclic) bond motifs is 5. The van der Waals surface area contributed by atoms with Crippen LogP contribution in [0.5, 0.6) is 5.75 Å². The van der Waals surface area contributed by atoms with Gasteiger partial charge in [-0.05, 0) is 56.6 Å². The van der Waals surface area contributed by atoms with Crippen LogP contribution in [0.3, 0.4) is 0 Å². The Morgan fingerprint density at radius 1 is 1.14 bits per heavy atom. The van der Waals surface area contributed by atoms with Gasteiger partial charge in [0.05, 0.1) is 25.0 Å². The Hall–Kier alpha value is -1.64. The molecule has 1 saturated carbocycles. The Labute approximate surface area is 172 Å². The number of sulfonamides is 1. The first-order valence-corrected chi connectivity index (χ1v) is 12.3. The summed E-state index contributed by atoms with van der Waals surface area (Å²) in [6, 6.07) is 5.38. The van der Waals surface area contributed by atoms with Crippen molar-refractivity contribution < 1.29 is 22.7 Å². The van der Waals surface area contributed by atoms with E-state index in [1.54, 1.807) is 4.90 Å². The minimum atomic E-state index is -3.36. The molecule has 0 spiro atoms. The van der Waals surface area contributed by atoms with Gasteiger partial charge in [-0.1, -0.05) is 12.1 Å². The standard InChI is InChI=1S/C21H30N2O5S/c1-14-4-3-5-19-21(14)15-6-8-16(9-7-15)27-12-18-17(22-29(2,25)26)10-11-23(18)20(24)13-28-19/h3-5,15-18,22H,6-13H2,1-2H3/t15?,16?,17-,18?/m0/s1. The third kappa shape index (κ3) is 4.59. The van der Waals surface area contributed by atoms with Crippen LogP contribution in [0.15, 0.2) is 18.2 Å². The van der Waals surface area contributed by atoms with Crippen molar-refractivity contribution in [2.24, 2.45) is 0 Å². The Morgan fingerprint density at radius 2 is 1.90 bits per heavy atom. The van der Waals surface area contributed by atoms with Crippen LogP contribution in [0.4, 0.5) is 0 Å². The summed E-state index contributed by atoms with van der Waals surface area (Å²) in [6.07, 6.45) is 5.86. The average molecular weight is 423 g/mol. The van der Waals surface area contributed by atoms with Crippen molar-refractivity contribution in [1.29, 1.82) is 0 Å². The number of aryl methyl sites for hydroxylation is 1. The molecule has 1 aromatic rings. The molecule has 4 aliphatic rings. The van der Waals surface area contributed by atoms with Gasteiger partial charge in [0.25, 0.3) is 5.91 Å². The van der Waals surface area contributed by atoms with Gasteiger partial charge in [-0.15, -0.1) is 0 Å². The van der Waals surface area contributed by atoms with Crippen LogP contribution in [0.1, 0.15) is 49.1 Å². The van der Waals surface area contributed by atoms with E-state index < -0.39 is 10.0 Å². The van der Waals surface area contributed by atoms with Gasteiger partial charge in [0.15, 0.2) is 6.61 Å². The van der Waals surface area contributed by atoms with Gasteiger partial charge in [-0.25, -0.2) is 13.1 Å². The molecule has 2 atom stereocenters. The lowest BCUT2D eigenvalue weighted by Crippen LogP contribution is -2.50. The fourth-order valence-corrected chi connectivity index (χ4v) is 5.88. The van der Waals surface area contributed by atoms with Gasteiger partial charge in [-0.2, -0.15) is 0 Å². The Morgan fingerprint density at radius 3 is 2.62 bits per heavy atom. The van der Waals surface area contributed by atoms with Crippen LogP contribution in [0, 0.1) is 6.92 Å². The molecular weight excluding hydrogens is 392 g/mol. The predicted molar refractivity (Wildman–Crippen MR) is 110 cm³/mol. The van der Waals surface area contributed by atoms with E-state index in [1.807, 2.05) is 12.1 Å². The van der Waals surface area contributed by atoms with E-state index in [2.05, 4.69) is 17.7 Å². The molecule has 7 nitrogen and oxygen atoms in total. The van der Waals surface area contributed by atoms with Gasteiger partial charge in [0, 0.05) is 18.2 Å². The molecule has 1 amide bonds. The maximum Gasteiger partial charge on any atom is 0.260 e. The zero-order chi connectivity index (χ0) is 20.6. The number of carbonyl (C=O) groups excluding carboxylic acids is 1. The lowest BCUT2D eigenvalue weighted by atomic mass is 9.80. The van der Waals surface area contributed by atoms with Crippen molar-refractivity contribution in [2.75, 3.05) is 26.0 Å². The maximum absolute atomic E-state index is 13.0. The summed E-state index contributed by atoms with van der Waals surface area (Å²) >= 11 is 0. The van der Waals surface area contributed by atoms with E-state index in [0.29, 0.717) is 25.5 Å². The SMILES string of the molecule is Cc1cccc2c1C1CCC(CC1)OCC1[C@@H](NS(C)(=O)=O)CCN1C(=O)CO2. The number of amides is 1. The number of hydrogen-bond acceptors (Lipinski definition) is 5. The van der Waals surface area contributed by atoms with Gasteiger partial charge in [0.2, 0.25) is 10.0 Å². The van der Waals surface area contributed by atoms with E-state index in [-0.39, 0.29) is 30.7 Å². The number of ether oxygens (including phenoxy) is 2. The third-order valence-electron chi connectivity index (χ3n) is 6.45. The molecule has 2 fully saturated rings. The van der Waals surface area contributed by atoms with Crippen LogP contribution in [0.2, 0.25) is 0 Å². The zero-order valence-corrected chi connectivity index (χ0v) is 17.9. The summed E-state index contributed by atoms with van der Waals surface area (Å²) in [5.74, 6) is 1.08. The van der Waals surface area contributed by atoms with E-state index in [4.69, 9.17) is 9.47 Å². The second-order valence-corrected chi connectivity index (χ2v) is 10.3. The maximum atomic E-state index is 13.0. The number of rotatable bonds is 2. The smallest absolute Gasteiger partial charge is 0.260 e. The summed E-state index contributed by atoms with van der Waals surface area (Å²) in [6.45, 7) is 2.90. The van der Waals surface area contributed by atoms with E-state index in [0.717, 1.165) is 37.7 Å². The summed E-state index contributed by atoms with van der Waals surface area (Å²) in [4.78, 5) is 14.7. The molecule has 3 heterocycles. The molecule has 0 aromatic heterocycles. The summed E-state index contributed by atoms with van der Waals surface area (Å²) in [5, 5.41) is 0. The molecule has 0 radical (unpaired) electrons. The van der Waals surface area contributed by atoms with Gasteiger partial charge in [0.1, 0.15) is 5.75 Å². The molecule has 1 N–H and O–H groups in total. The normalized spacial score (nSPS) is 30.6. The summed E-state index contributed by atoms with van der Waals surface area (Å²) < 4.78 is 38.5. The molecule has 1 aromatic carbocycles. The molecule has 8 heteroatoms. The average Bonchev–Trinajstić information content (AvgIpc) is 3.05. The highest BCUT2D eigenvalue weighted by Crippen LogP contribution is 2.40. The molecule has 5 rings (SSSR count). The predicted octanol–water partition coefficient (Wildman–Crippen LogP) is 1.95. The molecule has 3 aliphatic heterocycles. The first-order chi connectivity index (χ1) is 13.8. The lowest BCUT2D eigenvalue weighted by molar-refractivity contribution is -0.136. The second-order valence-electron chi connectivity index (χ2n) is 8.52. The Kier molecular flexibility index (Phi) is 5.86. The highest BCUT2D eigenvalue weighted by Gasteiger charge is 2.40. The van der Waals surface area contributed by atoms with Crippen molar-refractivity contribution in [2.45, 2.75) is 63.1 Å². The highest BCUT2D eigenvalue weighted by molar-refractivity contribution is 7.88. The first kappa shape index (κ1) is 20.6. The Bertz CT molecular complexity index is 864. The Balaban J connectivity index is 1.61. The summed E-state index contributed by atoms with van der Waals surface area (Å²) in [7, 11) is -3.36. The molecule has 1 unspecified atom stereocenters. The second kappa shape index (κ2) is 8.24. The molecule has 2 bridgehead atoms. The molecule has 29 heavy (non-hydrogen) atoms.